The van der Waals surface area contributed by atoms with Gasteiger partial charge in [0.2, 0.25) is 11.8 Å². The lowest BCUT2D eigenvalue weighted by atomic mass is 9.90. The minimum absolute atomic E-state index is 0.00207. The van der Waals surface area contributed by atoms with Gasteiger partial charge in [0.15, 0.2) is 0 Å². The van der Waals surface area contributed by atoms with Crippen molar-refractivity contribution in [3.05, 3.63) is 23.8 Å². The molecule has 0 saturated heterocycles. The van der Waals surface area contributed by atoms with Crippen LogP contribution in [0.5, 0.6) is 0 Å². The molecule has 0 saturated carbocycles. The van der Waals surface area contributed by atoms with E-state index in [0.29, 0.717) is 5.69 Å². The number of rotatable bonds is 7. The minimum Gasteiger partial charge on any atom is -0.376 e. The summed E-state index contributed by atoms with van der Waals surface area (Å²) >= 11 is 0. The zero-order valence-corrected chi connectivity index (χ0v) is 15.9. The number of nitrogens with one attached hydrogen (secondary N) is 3. The van der Waals surface area contributed by atoms with E-state index < -0.39 is 5.54 Å². The second-order valence-electron chi connectivity index (χ2n) is 7.04. The van der Waals surface area contributed by atoms with E-state index in [0.717, 1.165) is 11.3 Å². The molecular weight excluding hydrogens is 316 g/mol. The van der Waals surface area contributed by atoms with Crippen LogP contribution in [0.2, 0.25) is 0 Å². The molecule has 6 heteroatoms. The van der Waals surface area contributed by atoms with E-state index in [1.54, 1.807) is 13.0 Å². The number of nitriles is 1. The molecule has 0 aliphatic rings. The van der Waals surface area contributed by atoms with Gasteiger partial charge in [-0.2, -0.15) is 5.26 Å². The molecule has 1 aromatic rings. The first-order valence-corrected chi connectivity index (χ1v) is 8.46. The van der Waals surface area contributed by atoms with E-state index in [4.69, 9.17) is 0 Å². The van der Waals surface area contributed by atoms with Gasteiger partial charge in [0.05, 0.1) is 12.6 Å². The largest absolute Gasteiger partial charge is 0.376 e. The Morgan fingerprint density at radius 2 is 1.88 bits per heavy atom. The first kappa shape index (κ1) is 20.5. The molecule has 1 rings (SSSR count). The van der Waals surface area contributed by atoms with E-state index in [1.807, 2.05) is 46.8 Å². The van der Waals surface area contributed by atoms with E-state index in [9.17, 15) is 14.9 Å². The quantitative estimate of drug-likeness (QED) is 0.708. The lowest BCUT2D eigenvalue weighted by Gasteiger charge is -2.27. The van der Waals surface area contributed by atoms with Crippen LogP contribution < -0.4 is 16.0 Å². The van der Waals surface area contributed by atoms with Crippen LogP contribution in [-0.2, 0) is 9.59 Å². The molecule has 0 spiro atoms. The van der Waals surface area contributed by atoms with Crippen molar-refractivity contribution in [2.75, 3.05) is 17.2 Å². The molecule has 1 atom stereocenters. The van der Waals surface area contributed by atoms with Crippen LogP contribution in [0.1, 0.15) is 40.2 Å². The number of anilines is 2. The highest BCUT2D eigenvalue weighted by molar-refractivity contribution is 5.92. The summed E-state index contributed by atoms with van der Waals surface area (Å²) in [5.74, 6) is -0.427. The number of amides is 2. The van der Waals surface area contributed by atoms with E-state index in [-0.39, 0.29) is 30.2 Å². The maximum absolute atomic E-state index is 12.2. The van der Waals surface area contributed by atoms with Crippen molar-refractivity contribution in [1.29, 1.82) is 5.26 Å². The second-order valence-corrected chi connectivity index (χ2v) is 7.04. The summed E-state index contributed by atoms with van der Waals surface area (Å²) in [7, 11) is 0. The normalized spacial score (nSPS) is 13.1. The molecule has 0 unspecified atom stereocenters. The Balaban J connectivity index is 2.75. The molecule has 0 radical (unpaired) electrons. The molecule has 0 aromatic heterocycles. The second kappa shape index (κ2) is 8.52. The Bertz CT molecular complexity index is 676. The third kappa shape index (κ3) is 5.79. The molecule has 6 nitrogen and oxygen atoms in total. The summed E-state index contributed by atoms with van der Waals surface area (Å²) in [4.78, 5) is 24.0. The lowest BCUT2D eigenvalue weighted by Crippen LogP contribution is -2.50. The number of nitrogens with zero attached hydrogens (tertiary/aromatic N) is 1. The Hall–Kier alpha value is -2.55. The van der Waals surface area contributed by atoms with Crippen LogP contribution in [0.3, 0.4) is 0 Å². The number of carbonyl (C=O) groups excluding carboxylic acids is 2. The maximum Gasteiger partial charge on any atom is 0.240 e. The van der Waals surface area contributed by atoms with Gasteiger partial charge in [0.1, 0.15) is 5.54 Å². The summed E-state index contributed by atoms with van der Waals surface area (Å²) < 4.78 is 0. The van der Waals surface area contributed by atoms with Crippen LogP contribution in [0.4, 0.5) is 11.4 Å². The van der Waals surface area contributed by atoms with Crippen LogP contribution in [0.15, 0.2) is 18.2 Å². The van der Waals surface area contributed by atoms with Crippen LogP contribution in [0.25, 0.3) is 0 Å². The van der Waals surface area contributed by atoms with Crippen LogP contribution in [0, 0.1) is 30.1 Å². The summed E-state index contributed by atoms with van der Waals surface area (Å²) in [6.45, 7) is 11.1. The van der Waals surface area contributed by atoms with E-state index in [1.165, 1.54) is 0 Å². The van der Waals surface area contributed by atoms with Gasteiger partial charge < -0.3 is 16.0 Å². The van der Waals surface area contributed by atoms with Crippen LogP contribution in [-0.4, -0.2) is 23.9 Å². The molecule has 3 N–H and O–H groups in total. The summed E-state index contributed by atoms with van der Waals surface area (Å²) in [6, 6.07) is 7.66. The highest BCUT2D eigenvalue weighted by atomic mass is 16.2. The Labute approximate surface area is 150 Å². The lowest BCUT2D eigenvalue weighted by molar-refractivity contribution is -0.121. The third-order valence-electron chi connectivity index (χ3n) is 4.25. The molecule has 1 aromatic carbocycles. The fourth-order valence-corrected chi connectivity index (χ4v) is 1.99. The average molecular weight is 344 g/mol. The fraction of sp³-hybridized carbons (Fsp3) is 0.526. The number of benzene rings is 1. The predicted octanol–water partition coefficient (Wildman–Crippen LogP) is 3.06. The molecule has 2 amide bonds. The SMILES string of the molecule is Cc1ccc(NC(=O)C(C)C)cc1NCC(=O)N[C@@](C)(C#N)C(C)C. The molecule has 0 bridgehead atoms. The van der Waals surface area contributed by atoms with Gasteiger partial charge in [0, 0.05) is 17.3 Å². The smallest absolute Gasteiger partial charge is 0.240 e. The first-order chi connectivity index (χ1) is 11.6. The Morgan fingerprint density at radius 1 is 1.24 bits per heavy atom. The Kier molecular flexibility index (Phi) is 6.98. The van der Waals surface area contributed by atoms with Crippen molar-refractivity contribution >= 4 is 23.2 Å². The molecule has 136 valence electrons. The summed E-state index contributed by atoms with van der Waals surface area (Å²) in [6.07, 6.45) is 0. The maximum atomic E-state index is 12.2. The van der Waals surface area contributed by atoms with Gasteiger partial charge in [-0.15, -0.1) is 0 Å². The molecule has 0 aliphatic heterocycles. The van der Waals surface area contributed by atoms with Gasteiger partial charge in [-0.25, -0.2) is 0 Å². The van der Waals surface area contributed by atoms with Gasteiger partial charge >= 0.3 is 0 Å². The van der Waals surface area contributed by atoms with Crippen molar-refractivity contribution in [2.24, 2.45) is 11.8 Å². The van der Waals surface area contributed by atoms with Crippen LogP contribution >= 0.6 is 0 Å². The zero-order valence-electron chi connectivity index (χ0n) is 15.9. The first-order valence-electron chi connectivity index (χ1n) is 8.46. The standard InChI is InChI=1S/C19H28N4O2/c1-12(2)18(25)22-15-8-7-14(5)16(9-15)21-10-17(24)23-19(6,11-20)13(3)4/h7-9,12-13,21H,10H2,1-6H3,(H,22,25)(H,23,24)/t19-/m0/s1. The zero-order chi connectivity index (χ0) is 19.2. The molecular formula is C19H28N4O2. The van der Waals surface area contributed by atoms with Crippen molar-refractivity contribution < 1.29 is 9.59 Å². The molecule has 0 aliphatic carbocycles. The van der Waals surface area contributed by atoms with E-state index in [2.05, 4.69) is 22.0 Å². The van der Waals surface area contributed by atoms with Gasteiger partial charge in [-0.1, -0.05) is 33.8 Å². The van der Waals surface area contributed by atoms with Gasteiger partial charge in [0.25, 0.3) is 0 Å². The van der Waals surface area contributed by atoms with Crippen molar-refractivity contribution in [2.45, 2.75) is 47.1 Å². The van der Waals surface area contributed by atoms with Crippen molar-refractivity contribution in [1.82, 2.24) is 5.32 Å². The van der Waals surface area contributed by atoms with Gasteiger partial charge in [-0.05, 0) is 37.5 Å². The predicted molar refractivity (Wildman–Crippen MR) is 100 cm³/mol. The molecule has 25 heavy (non-hydrogen) atoms. The average Bonchev–Trinajstić information content (AvgIpc) is 2.54. The highest BCUT2D eigenvalue weighted by Crippen LogP contribution is 2.21. The number of carbonyl (C=O) groups is 2. The van der Waals surface area contributed by atoms with Crippen molar-refractivity contribution in [3.8, 4) is 6.07 Å². The monoisotopic (exact) mass is 344 g/mol. The molecule has 0 fully saturated rings. The van der Waals surface area contributed by atoms with Gasteiger partial charge in [-0.3, -0.25) is 9.59 Å². The fourth-order valence-electron chi connectivity index (χ4n) is 1.99. The summed E-state index contributed by atoms with van der Waals surface area (Å²) in [5.41, 5.74) is 1.50. The summed E-state index contributed by atoms with van der Waals surface area (Å²) in [5, 5.41) is 17.9. The number of hydrogen-bond donors (Lipinski definition) is 3. The van der Waals surface area contributed by atoms with E-state index >= 15 is 0 Å². The van der Waals surface area contributed by atoms with Crippen molar-refractivity contribution in [3.63, 3.8) is 0 Å². The topological polar surface area (TPSA) is 94.0 Å². The molecule has 0 heterocycles. The third-order valence-corrected chi connectivity index (χ3v) is 4.25. The Morgan fingerprint density at radius 3 is 2.40 bits per heavy atom. The minimum atomic E-state index is -0.902. The number of aryl methyl sites for hydroxylation is 1. The number of hydrogen-bond acceptors (Lipinski definition) is 4. The highest BCUT2D eigenvalue weighted by Gasteiger charge is 2.29.